The van der Waals surface area contributed by atoms with E-state index >= 15 is 0 Å². The van der Waals surface area contributed by atoms with E-state index in [-0.39, 0.29) is 48.6 Å². The van der Waals surface area contributed by atoms with Crippen LogP contribution in [0.2, 0.25) is 5.02 Å². The SMILES string of the molecule is CNC(=O)COc1cc2cc(Nc3nc(N4CCC(N5CCCN(C6CCN(c7ccc8c(c7)C(O)N(C7CCC(=O)NC7=O)C8=O)C6)C5)CC4)ncc3Cl)ccc2n(C(C)C)c1=O. The number of anilines is 4. The quantitative estimate of drug-likeness (QED) is 0.160. The molecule has 0 spiro atoms. The van der Waals surface area contributed by atoms with Crippen molar-refractivity contribution < 1.29 is 29.0 Å². The molecule has 3 unspecified atom stereocenters. The maximum absolute atomic E-state index is 13.3. The van der Waals surface area contributed by atoms with Gasteiger partial charge in [0.15, 0.2) is 24.4 Å². The summed E-state index contributed by atoms with van der Waals surface area (Å²) in [7, 11) is 1.51. The fraction of sp³-hybridized carbons (Fsp3) is 0.489. The smallest absolute Gasteiger partial charge is 0.293 e. The van der Waals surface area contributed by atoms with E-state index in [1.165, 1.54) is 11.9 Å². The minimum atomic E-state index is -1.25. The number of hydrogen-bond acceptors (Lipinski definition) is 14. The van der Waals surface area contributed by atoms with Gasteiger partial charge in [0, 0.05) is 98.8 Å². The first kappa shape index (κ1) is 43.4. The number of aliphatic hydroxyl groups excluding tert-OH is 1. The van der Waals surface area contributed by atoms with Crippen LogP contribution in [0.1, 0.15) is 80.6 Å². The van der Waals surface area contributed by atoms with E-state index in [4.69, 9.17) is 21.3 Å². The summed E-state index contributed by atoms with van der Waals surface area (Å²) in [5, 5.41) is 20.5. The highest BCUT2D eigenvalue weighted by Gasteiger charge is 2.45. The molecule has 2 aromatic heterocycles. The predicted octanol–water partition coefficient (Wildman–Crippen LogP) is 3.36. The fourth-order valence-corrected chi connectivity index (χ4v) is 10.1. The molecule has 0 saturated carbocycles. The van der Waals surface area contributed by atoms with Gasteiger partial charge in [-0.3, -0.25) is 44.0 Å². The van der Waals surface area contributed by atoms with Crippen LogP contribution in [0, 0.1) is 0 Å². The standard InChI is InChI=1S/C45H54ClN11O7/c1-26(2)56-35-8-5-28(19-27(35)20-37(44(56)63)64-24-39(59)47-3)49-40-34(46)22-48-45(51-40)52-16-11-29(12-17-52)54-14-4-15-55(25-54)31-13-18-53(23-31)30-6-7-32-33(21-30)43(62)57(42(32)61)36-9-10-38(58)50-41(36)60/h5-8,19-22,26,29,31,36,43,62H,4,9-18,23-25H2,1-3H3,(H,47,59)(H,48,49,51)(H,50,58,60). The van der Waals surface area contributed by atoms with Crippen molar-refractivity contribution in [2.45, 2.75) is 82.8 Å². The number of piperidine rings is 2. The highest BCUT2D eigenvalue weighted by atomic mass is 35.5. The zero-order valence-corrected chi connectivity index (χ0v) is 37.0. The molecule has 2 aromatic carbocycles. The van der Waals surface area contributed by atoms with Crippen molar-refractivity contribution in [3.05, 3.63) is 75.2 Å². The average molecular weight is 896 g/mol. The highest BCUT2D eigenvalue weighted by molar-refractivity contribution is 6.33. The molecule has 9 rings (SSSR count). The van der Waals surface area contributed by atoms with Crippen LogP contribution in [-0.4, -0.2) is 136 Å². The Labute approximate surface area is 375 Å². The number of nitrogens with one attached hydrogen (secondary N) is 3. The van der Waals surface area contributed by atoms with Crippen molar-refractivity contribution in [1.29, 1.82) is 0 Å². The second-order valence-corrected chi connectivity index (χ2v) is 18.0. The maximum Gasteiger partial charge on any atom is 0.293 e. The van der Waals surface area contributed by atoms with Crippen LogP contribution >= 0.6 is 11.6 Å². The van der Waals surface area contributed by atoms with Crippen LogP contribution < -0.4 is 36.0 Å². The number of hydrogen-bond donors (Lipinski definition) is 4. The molecular weight excluding hydrogens is 842 g/mol. The lowest BCUT2D eigenvalue weighted by Crippen LogP contribution is -2.55. The number of fused-ring (bicyclic) bond motifs is 2. The number of likely N-dealkylation sites (N-methyl/N-ethyl adjacent to an activating group) is 1. The van der Waals surface area contributed by atoms with E-state index in [0.29, 0.717) is 45.7 Å². The summed E-state index contributed by atoms with van der Waals surface area (Å²) >= 11 is 6.64. The molecule has 4 saturated heterocycles. The number of nitrogens with zero attached hydrogens (tertiary/aromatic N) is 8. The van der Waals surface area contributed by atoms with Gasteiger partial charge < -0.3 is 34.8 Å². The molecule has 64 heavy (non-hydrogen) atoms. The van der Waals surface area contributed by atoms with Crippen molar-refractivity contribution in [3.63, 3.8) is 0 Å². The minimum absolute atomic E-state index is 0.0902. The van der Waals surface area contributed by atoms with Crippen LogP contribution in [-0.2, 0) is 14.4 Å². The van der Waals surface area contributed by atoms with E-state index in [1.54, 1.807) is 22.9 Å². The number of rotatable bonds is 11. The van der Waals surface area contributed by atoms with Gasteiger partial charge in [-0.15, -0.1) is 0 Å². The number of imide groups is 1. The van der Waals surface area contributed by atoms with Crippen LogP contribution in [0.25, 0.3) is 10.9 Å². The summed E-state index contributed by atoms with van der Waals surface area (Å²) in [6, 6.07) is 12.6. The number of aliphatic hydroxyl groups is 1. The zero-order valence-electron chi connectivity index (χ0n) is 36.3. The molecule has 4 amide bonds. The number of carbonyl (C=O) groups excluding carboxylic acids is 4. The van der Waals surface area contributed by atoms with E-state index in [2.05, 4.69) is 40.5 Å². The third-order valence-electron chi connectivity index (χ3n) is 13.3. The van der Waals surface area contributed by atoms with Gasteiger partial charge in [0.1, 0.15) is 11.1 Å². The molecule has 19 heteroatoms. The Bertz CT molecular complexity index is 2550. The van der Waals surface area contributed by atoms with Gasteiger partial charge in [0.2, 0.25) is 17.8 Å². The third-order valence-corrected chi connectivity index (χ3v) is 13.6. The van der Waals surface area contributed by atoms with Gasteiger partial charge in [-0.2, -0.15) is 4.98 Å². The molecule has 4 aromatic rings. The summed E-state index contributed by atoms with van der Waals surface area (Å²) < 4.78 is 7.28. The largest absolute Gasteiger partial charge is 0.478 e. The minimum Gasteiger partial charge on any atom is -0.478 e. The van der Waals surface area contributed by atoms with Gasteiger partial charge in [0.05, 0.1) is 18.4 Å². The summed E-state index contributed by atoms with van der Waals surface area (Å²) in [4.78, 5) is 83.2. The first-order valence-electron chi connectivity index (χ1n) is 22.2. The summed E-state index contributed by atoms with van der Waals surface area (Å²) in [5.41, 5.74) is 2.96. The second kappa shape index (κ2) is 18.0. The van der Waals surface area contributed by atoms with Crippen LogP contribution in [0.3, 0.4) is 0 Å². The summed E-state index contributed by atoms with van der Waals surface area (Å²) in [6.45, 7) is 9.84. The zero-order chi connectivity index (χ0) is 44.8. The van der Waals surface area contributed by atoms with E-state index in [0.717, 1.165) is 88.2 Å². The normalized spacial score (nSPS) is 22.4. The maximum atomic E-state index is 13.3. The molecule has 0 radical (unpaired) electrons. The lowest BCUT2D eigenvalue weighted by atomic mass is 10.0. The van der Waals surface area contributed by atoms with Crippen LogP contribution in [0.15, 0.2) is 53.5 Å². The number of benzene rings is 2. The van der Waals surface area contributed by atoms with Gasteiger partial charge in [-0.1, -0.05) is 11.6 Å². The lowest BCUT2D eigenvalue weighted by Gasteiger charge is -2.45. The van der Waals surface area contributed by atoms with Crippen molar-refractivity contribution in [2.24, 2.45) is 0 Å². The predicted molar refractivity (Wildman–Crippen MR) is 241 cm³/mol. The second-order valence-electron chi connectivity index (χ2n) is 17.6. The third kappa shape index (κ3) is 8.46. The van der Waals surface area contributed by atoms with Crippen molar-refractivity contribution in [3.8, 4) is 5.75 Å². The number of ether oxygens (including phenoxy) is 1. The number of halogens is 1. The van der Waals surface area contributed by atoms with Crippen LogP contribution in [0.5, 0.6) is 5.75 Å². The van der Waals surface area contributed by atoms with Crippen LogP contribution in [0.4, 0.5) is 23.1 Å². The van der Waals surface area contributed by atoms with Gasteiger partial charge in [-0.25, -0.2) is 4.98 Å². The number of amides is 4. The Morgan fingerprint density at radius 3 is 2.45 bits per heavy atom. The molecular formula is C45H54ClN11O7. The topological polar surface area (TPSA) is 198 Å². The van der Waals surface area contributed by atoms with Crippen molar-refractivity contribution in [1.82, 2.24) is 39.9 Å². The van der Waals surface area contributed by atoms with E-state index in [9.17, 15) is 29.1 Å². The summed E-state index contributed by atoms with van der Waals surface area (Å²) in [6.07, 6.45) is 4.71. The van der Waals surface area contributed by atoms with E-state index in [1.807, 2.05) is 44.2 Å². The summed E-state index contributed by atoms with van der Waals surface area (Å²) in [5.74, 6) is -0.491. The molecule has 4 N–H and O–H groups in total. The molecule has 5 aliphatic heterocycles. The molecule has 3 atom stereocenters. The number of carbonyl (C=O) groups is 4. The molecule has 338 valence electrons. The average Bonchev–Trinajstić information content (AvgIpc) is 3.89. The van der Waals surface area contributed by atoms with Gasteiger partial charge in [0.25, 0.3) is 17.4 Å². The first-order chi connectivity index (χ1) is 30.9. The Morgan fingerprint density at radius 2 is 1.70 bits per heavy atom. The van der Waals surface area contributed by atoms with Gasteiger partial charge >= 0.3 is 0 Å². The fourth-order valence-electron chi connectivity index (χ4n) is 9.93. The molecule has 4 fully saturated rings. The Balaban J connectivity index is 0.806. The molecule has 7 heterocycles. The molecule has 0 aliphatic carbocycles. The lowest BCUT2D eigenvalue weighted by molar-refractivity contribution is -0.139. The van der Waals surface area contributed by atoms with E-state index < -0.39 is 24.1 Å². The Kier molecular flexibility index (Phi) is 12.2. The Hall–Kier alpha value is -5.82. The highest BCUT2D eigenvalue weighted by Crippen LogP contribution is 2.38. The molecule has 18 nitrogen and oxygen atoms in total. The first-order valence-corrected chi connectivity index (χ1v) is 22.5. The van der Waals surface area contributed by atoms with Crippen molar-refractivity contribution in [2.75, 3.05) is 74.7 Å². The number of aromatic nitrogens is 3. The van der Waals surface area contributed by atoms with Crippen molar-refractivity contribution >= 4 is 69.3 Å². The Morgan fingerprint density at radius 1 is 0.953 bits per heavy atom. The monoisotopic (exact) mass is 895 g/mol. The molecule has 5 aliphatic rings. The van der Waals surface area contributed by atoms with Gasteiger partial charge in [-0.05, 0) is 88.4 Å². The number of pyridine rings is 1. The molecule has 0 bridgehead atoms.